The van der Waals surface area contributed by atoms with Crippen molar-refractivity contribution in [1.82, 2.24) is 4.72 Å². The molecule has 2 aromatic rings. The zero-order chi connectivity index (χ0) is 17.0. The molecule has 6 heteroatoms. The summed E-state index contributed by atoms with van der Waals surface area (Å²) in [5, 5.41) is 2.77. The molecular formula is C17H20N2O3S. The highest BCUT2D eigenvalue weighted by atomic mass is 32.2. The predicted octanol–water partition coefficient (Wildman–Crippen LogP) is 2.97. The highest BCUT2D eigenvalue weighted by Crippen LogP contribution is 2.18. The maximum atomic E-state index is 12.3. The number of sulfonamides is 1. The summed E-state index contributed by atoms with van der Waals surface area (Å²) < 4.78 is 25.8. The molecule has 0 heterocycles. The minimum absolute atomic E-state index is 0.0582. The number of hydrogen-bond acceptors (Lipinski definition) is 3. The molecule has 0 fully saturated rings. The molecule has 0 saturated carbocycles. The van der Waals surface area contributed by atoms with Crippen LogP contribution in [0.3, 0.4) is 0 Å². The summed E-state index contributed by atoms with van der Waals surface area (Å²) in [6.45, 7) is 4.20. The molecule has 0 saturated heterocycles. The normalized spacial score (nSPS) is 11.5. The molecule has 0 bridgehead atoms. The molecule has 1 amide bonds. The second-order valence-electron chi connectivity index (χ2n) is 5.47. The predicted molar refractivity (Wildman–Crippen MR) is 91.2 cm³/mol. The molecule has 0 atom stereocenters. The van der Waals surface area contributed by atoms with Gasteiger partial charge in [0.25, 0.3) is 5.91 Å². The van der Waals surface area contributed by atoms with Crippen LogP contribution in [0.2, 0.25) is 0 Å². The van der Waals surface area contributed by atoms with E-state index in [0.29, 0.717) is 11.6 Å². The lowest BCUT2D eigenvalue weighted by atomic mass is 10.0. The van der Waals surface area contributed by atoms with Gasteiger partial charge in [-0.25, -0.2) is 13.1 Å². The topological polar surface area (TPSA) is 75.3 Å². The molecule has 2 aromatic carbocycles. The third-order valence-corrected chi connectivity index (χ3v) is 4.92. The van der Waals surface area contributed by atoms with Crippen molar-refractivity contribution in [2.24, 2.45) is 0 Å². The standard InChI is InChI=1S/C17H20N2O3S/c1-12(2)13-7-9-15(10-8-13)19-17(20)14-5-4-6-16(11-14)23(21,22)18-3/h4-12,18H,1-3H3,(H,19,20). The highest BCUT2D eigenvalue weighted by Gasteiger charge is 2.14. The summed E-state index contributed by atoms with van der Waals surface area (Å²) in [6, 6.07) is 13.5. The Morgan fingerprint density at radius 2 is 1.70 bits per heavy atom. The van der Waals surface area contributed by atoms with E-state index in [9.17, 15) is 13.2 Å². The molecule has 2 N–H and O–H groups in total. The maximum absolute atomic E-state index is 12.3. The van der Waals surface area contributed by atoms with Gasteiger partial charge in [0.1, 0.15) is 0 Å². The van der Waals surface area contributed by atoms with Gasteiger partial charge in [-0.05, 0) is 48.9 Å². The lowest BCUT2D eigenvalue weighted by Crippen LogP contribution is -2.19. The average molecular weight is 332 g/mol. The van der Waals surface area contributed by atoms with Gasteiger partial charge in [-0.1, -0.05) is 32.0 Å². The maximum Gasteiger partial charge on any atom is 0.255 e. The first-order valence-electron chi connectivity index (χ1n) is 7.28. The van der Waals surface area contributed by atoms with Crippen molar-refractivity contribution in [2.75, 3.05) is 12.4 Å². The van der Waals surface area contributed by atoms with Crippen LogP contribution in [0.1, 0.15) is 35.7 Å². The van der Waals surface area contributed by atoms with Crippen LogP contribution in [0.4, 0.5) is 5.69 Å². The number of carbonyl (C=O) groups is 1. The van der Waals surface area contributed by atoms with Crippen LogP contribution in [0.25, 0.3) is 0 Å². The SMILES string of the molecule is CNS(=O)(=O)c1cccc(C(=O)Nc2ccc(C(C)C)cc2)c1. The Morgan fingerprint density at radius 1 is 1.04 bits per heavy atom. The van der Waals surface area contributed by atoms with Crippen LogP contribution in [-0.2, 0) is 10.0 Å². The first-order valence-corrected chi connectivity index (χ1v) is 8.76. The van der Waals surface area contributed by atoms with Crippen LogP contribution in [-0.4, -0.2) is 21.4 Å². The Labute approximate surface area is 136 Å². The number of rotatable bonds is 5. The molecular weight excluding hydrogens is 312 g/mol. The zero-order valence-electron chi connectivity index (χ0n) is 13.3. The van der Waals surface area contributed by atoms with E-state index in [1.807, 2.05) is 24.3 Å². The summed E-state index contributed by atoms with van der Waals surface area (Å²) in [5.74, 6) is 0.0682. The molecule has 0 unspecified atom stereocenters. The fourth-order valence-electron chi connectivity index (χ4n) is 2.08. The van der Waals surface area contributed by atoms with E-state index < -0.39 is 10.0 Å². The monoisotopic (exact) mass is 332 g/mol. The fourth-order valence-corrected chi connectivity index (χ4v) is 2.85. The Hall–Kier alpha value is -2.18. The van der Waals surface area contributed by atoms with E-state index in [4.69, 9.17) is 0 Å². The summed E-state index contributed by atoms with van der Waals surface area (Å²) in [4.78, 5) is 12.3. The van der Waals surface area contributed by atoms with Crippen molar-refractivity contribution < 1.29 is 13.2 Å². The van der Waals surface area contributed by atoms with Crippen LogP contribution in [0.15, 0.2) is 53.4 Å². The van der Waals surface area contributed by atoms with Gasteiger partial charge < -0.3 is 5.32 Å². The Morgan fingerprint density at radius 3 is 2.26 bits per heavy atom. The number of amides is 1. The summed E-state index contributed by atoms with van der Waals surface area (Å²) in [5.41, 5.74) is 2.14. The summed E-state index contributed by atoms with van der Waals surface area (Å²) >= 11 is 0. The number of hydrogen-bond donors (Lipinski definition) is 2. The molecule has 0 aliphatic rings. The van der Waals surface area contributed by atoms with Crippen molar-refractivity contribution in [2.45, 2.75) is 24.7 Å². The molecule has 122 valence electrons. The molecule has 5 nitrogen and oxygen atoms in total. The molecule has 0 radical (unpaired) electrons. The van der Waals surface area contributed by atoms with Gasteiger partial charge in [-0.2, -0.15) is 0 Å². The van der Waals surface area contributed by atoms with Crippen molar-refractivity contribution in [1.29, 1.82) is 0 Å². The third kappa shape index (κ3) is 4.18. The average Bonchev–Trinajstić information content (AvgIpc) is 2.55. The number of anilines is 1. The van der Waals surface area contributed by atoms with Gasteiger partial charge in [-0.3, -0.25) is 4.79 Å². The molecule has 2 rings (SSSR count). The smallest absolute Gasteiger partial charge is 0.255 e. The first kappa shape index (κ1) is 17.2. The van der Waals surface area contributed by atoms with E-state index in [2.05, 4.69) is 23.9 Å². The number of nitrogens with one attached hydrogen (secondary N) is 2. The minimum Gasteiger partial charge on any atom is -0.322 e. The second kappa shape index (κ2) is 6.93. The highest BCUT2D eigenvalue weighted by molar-refractivity contribution is 7.89. The second-order valence-corrected chi connectivity index (χ2v) is 7.35. The van der Waals surface area contributed by atoms with Gasteiger partial charge >= 0.3 is 0 Å². The van der Waals surface area contributed by atoms with Crippen molar-refractivity contribution >= 4 is 21.6 Å². The van der Waals surface area contributed by atoms with E-state index in [1.165, 1.54) is 24.7 Å². The molecule has 0 aliphatic carbocycles. The Bertz CT molecular complexity index is 797. The van der Waals surface area contributed by atoms with Crippen LogP contribution < -0.4 is 10.0 Å². The largest absolute Gasteiger partial charge is 0.322 e. The van der Waals surface area contributed by atoms with Crippen molar-refractivity contribution in [3.05, 3.63) is 59.7 Å². The summed E-state index contributed by atoms with van der Waals surface area (Å²) in [6.07, 6.45) is 0. The Balaban J connectivity index is 2.19. The van der Waals surface area contributed by atoms with Crippen molar-refractivity contribution in [3.8, 4) is 0 Å². The van der Waals surface area contributed by atoms with Gasteiger partial charge in [0.2, 0.25) is 10.0 Å². The molecule has 0 aromatic heterocycles. The van der Waals surface area contributed by atoms with Crippen LogP contribution in [0.5, 0.6) is 0 Å². The quantitative estimate of drug-likeness (QED) is 0.884. The van der Waals surface area contributed by atoms with E-state index in [-0.39, 0.29) is 16.4 Å². The fraction of sp³-hybridized carbons (Fsp3) is 0.235. The summed E-state index contributed by atoms with van der Waals surface area (Å²) in [7, 11) is -2.24. The Kier molecular flexibility index (Phi) is 5.18. The number of benzene rings is 2. The first-order chi connectivity index (χ1) is 10.8. The lowest BCUT2D eigenvalue weighted by Gasteiger charge is -2.09. The molecule has 0 aliphatic heterocycles. The van der Waals surface area contributed by atoms with E-state index >= 15 is 0 Å². The third-order valence-electron chi connectivity index (χ3n) is 3.51. The minimum atomic E-state index is -3.57. The lowest BCUT2D eigenvalue weighted by molar-refractivity contribution is 0.102. The van der Waals surface area contributed by atoms with Gasteiger partial charge in [0.15, 0.2) is 0 Å². The molecule has 0 spiro atoms. The van der Waals surface area contributed by atoms with Gasteiger partial charge in [-0.15, -0.1) is 0 Å². The zero-order valence-corrected chi connectivity index (χ0v) is 14.1. The van der Waals surface area contributed by atoms with Crippen LogP contribution >= 0.6 is 0 Å². The van der Waals surface area contributed by atoms with Crippen LogP contribution in [0, 0.1) is 0 Å². The van der Waals surface area contributed by atoms with E-state index in [0.717, 1.165) is 0 Å². The number of carbonyl (C=O) groups excluding carboxylic acids is 1. The molecule has 23 heavy (non-hydrogen) atoms. The van der Waals surface area contributed by atoms with E-state index in [1.54, 1.807) is 12.1 Å². The van der Waals surface area contributed by atoms with Gasteiger partial charge in [0, 0.05) is 11.3 Å². The van der Waals surface area contributed by atoms with Gasteiger partial charge in [0.05, 0.1) is 4.90 Å². The van der Waals surface area contributed by atoms with Crippen molar-refractivity contribution in [3.63, 3.8) is 0 Å².